The predicted octanol–water partition coefficient (Wildman–Crippen LogP) is 23.3. The Balaban J connectivity index is 4.28. The molecule has 0 heterocycles. The van der Waals surface area contributed by atoms with Gasteiger partial charge in [0.05, 0.1) is 0 Å². The molecule has 0 amide bonds. The third-order valence-corrected chi connectivity index (χ3v) is 16.0. The minimum atomic E-state index is -0.764. The topological polar surface area (TPSA) is 78.9 Å². The normalized spacial score (nSPS) is 12.0. The number of rotatable bonds is 64. The maximum atomic E-state index is 12.9. The third kappa shape index (κ3) is 63.1. The zero-order chi connectivity index (χ0) is 54.4. The average Bonchev–Trinajstić information content (AvgIpc) is 3.40. The van der Waals surface area contributed by atoms with Crippen LogP contribution in [0.1, 0.15) is 400 Å². The highest BCUT2D eigenvalue weighted by Crippen LogP contribution is 2.19. The van der Waals surface area contributed by atoms with Gasteiger partial charge in [-0.15, -0.1) is 0 Å². The molecule has 6 nitrogen and oxygen atoms in total. The Labute approximate surface area is 469 Å². The molecule has 0 fully saturated rings. The van der Waals surface area contributed by atoms with Crippen LogP contribution in [0.2, 0.25) is 0 Å². The first-order valence-electron chi connectivity index (χ1n) is 34.4. The van der Waals surface area contributed by atoms with E-state index in [0.717, 1.165) is 63.7 Å². The molecule has 0 rings (SSSR count). The fraction of sp³-hybridized carbons (Fsp3) is 0.957. The molecule has 0 N–H and O–H groups in total. The Morgan fingerprint density at radius 3 is 0.653 bits per heavy atom. The second-order valence-corrected chi connectivity index (χ2v) is 24.3. The van der Waals surface area contributed by atoms with Crippen LogP contribution in [0.3, 0.4) is 0 Å². The van der Waals surface area contributed by atoms with Crippen LogP contribution >= 0.6 is 0 Å². The predicted molar refractivity (Wildman–Crippen MR) is 326 cm³/mol. The molecule has 6 heteroatoms. The van der Waals surface area contributed by atoms with Gasteiger partial charge in [0.2, 0.25) is 0 Å². The summed E-state index contributed by atoms with van der Waals surface area (Å²) in [6, 6.07) is 0. The zero-order valence-electron chi connectivity index (χ0n) is 51.5. The van der Waals surface area contributed by atoms with Crippen LogP contribution in [0.25, 0.3) is 0 Å². The van der Waals surface area contributed by atoms with Gasteiger partial charge >= 0.3 is 17.9 Å². The first-order valence-corrected chi connectivity index (χ1v) is 34.4. The second-order valence-electron chi connectivity index (χ2n) is 24.3. The molecule has 0 aromatic rings. The molecule has 0 saturated carbocycles. The van der Waals surface area contributed by atoms with E-state index in [1.807, 2.05) is 0 Å². The van der Waals surface area contributed by atoms with Gasteiger partial charge in [-0.05, 0) is 25.2 Å². The number of ether oxygens (including phenoxy) is 3. The third-order valence-electron chi connectivity index (χ3n) is 16.0. The second kappa shape index (κ2) is 63.2. The van der Waals surface area contributed by atoms with Gasteiger partial charge in [-0.1, -0.05) is 362 Å². The van der Waals surface area contributed by atoms with Gasteiger partial charge in [0.15, 0.2) is 6.10 Å². The first kappa shape index (κ1) is 73.4. The van der Waals surface area contributed by atoms with Crippen molar-refractivity contribution in [2.45, 2.75) is 406 Å². The molecule has 75 heavy (non-hydrogen) atoms. The maximum absolute atomic E-state index is 12.9. The van der Waals surface area contributed by atoms with Gasteiger partial charge in [-0.25, -0.2) is 0 Å². The van der Waals surface area contributed by atoms with Crippen LogP contribution in [0, 0.1) is 5.92 Å². The summed E-state index contributed by atoms with van der Waals surface area (Å²) in [6.07, 6.45) is 72.6. The molecule has 0 radical (unpaired) electrons. The largest absolute Gasteiger partial charge is 0.462 e. The molecule has 1 atom stereocenters. The van der Waals surface area contributed by atoms with Gasteiger partial charge < -0.3 is 14.2 Å². The molecular formula is C69H134O6. The quantitative estimate of drug-likeness (QED) is 0.0343. The minimum Gasteiger partial charge on any atom is -0.462 e. The SMILES string of the molecule is CCCCCCCCCCCCCCCCCCCCCC(=O)OC[C@H](COC(=O)CCCCCCCCCCCCCCCCCCC(C)C)OC(=O)CCCCCCCCCCCCCCCCCCCCC. The van der Waals surface area contributed by atoms with Gasteiger partial charge in [-0.3, -0.25) is 14.4 Å². The van der Waals surface area contributed by atoms with Crippen molar-refractivity contribution in [2.75, 3.05) is 13.2 Å². The highest BCUT2D eigenvalue weighted by Gasteiger charge is 2.19. The molecule has 0 bridgehead atoms. The molecular weight excluding hydrogens is 925 g/mol. The molecule has 446 valence electrons. The molecule has 0 aliphatic carbocycles. The molecule has 0 aromatic heterocycles. The van der Waals surface area contributed by atoms with Crippen molar-refractivity contribution in [2.24, 2.45) is 5.92 Å². The summed E-state index contributed by atoms with van der Waals surface area (Å²) in [5.41, 5.74) is 0. The van der Waals surface area contributed by atoms with Gasteiger partial charge in [-0.2, -0.15) is 0 Å². The van der Waals surface area contributed by atoms with E-state index in [4.69, 9.17) is 14.2 Å². The van der Waals surface area contributed by atoms with Crippen LogP contribution in [-0.4, -0.2) is 37.2 Å². The number of carbonyl (C=O) groups is 3. The van der Waals surface area contributed by atoms with Crippen molar-refractivity contribution in [1.82, 2.24) is 0 Å². The van der Waals surface area contributed by atoms with E-state index in [1.54, 1.807) is 0 Å². The van der Waals surface area contributed by atoms with Crippen LogP contribution in [0.4, 0.5) is 0 Å². The van der Waals surface area contributed by atoms with E-state index in [0.29, 0.717) is 19.3 Å². The number of hydrogen-bond donors (Lipinski definition) is 0. The lowest BCUT2D eigenvalue weighted by Gasteiger charge is -2.18. The van der Waals surface area contributed by atoms with Crippen molar-refractivity contribution < 1.29 is 28.6 Å². The highest BCUT2D eigenvalue weighted by atomic mass is 16.6. The summed E-state index contributed by atoms with van der Waals surface area (Å²) < 4.78 is 17.0. The Morgan fingerprint density at radius 2 is 0.440 bits per heavy atom. The number of esters is 3. The summed E-state index contributed by atoms with van der Waals surface area (Å²) >= 11 is 0. The van der Waals surface area contributed by atoms with Crippen LogP contribution in [-0.2, 0) is 28.6 Å². The summed E-state index contributed by atoms with van der Waals surface area (Å²) in [6.45, 7) is 9.11. The van der Waals surface area contributed by atoms with Crippen molar-refractivity contribution in [3.05, 3.63) is 0 Å². The monoisotopic (exact) mass is 1060 g/mol. The van der Waals surface area contributed by atoms with Gasteiger partial charge in [0.1, 0.15) is 13.2 Å². The van der Waals surface area contributed by atoms with E-state index in [-0.39, 0.29) is 31.1 Å². The summed E-state index contributed by atoms with van der Waals surface area (Å²) in [5, 5.41) is 0. The maximum Gasteiger partial charge on any atom is 0.306 e. The zero-order valence-corrected chi connectivity index (χ0v) is 51.5. The Bertz CT molecular complexity index is 1140. The molecule has 0 aromatic carbocycles. The number of hydrogen-bond acceptors (Lipinski definition) is 6. The van der Waals surface area contributed by atoms with E-state index in [9.17, 15) is 14.4 Å². The minimum absolute atomic E-state index is 0.0607. The molecule has 0 unspecified atom stereocenters. The van der Waals surface area contributed by atoms with Crippen LogP contribution in [0.5, 0.6) is 0 Å². The van der Waals surface area contributed by atoms with Gasteiger partial charge in [0.25, 0.3) is 0 Å². The first-order chi connectivity index (χ1) is 36.9. The summed E-state index contributed by atoms with van der Waals surface area (Å²) in [4.78, 5) is 38.4. The van der Waals surface area contributed by atoms with Crippen molar-refractivity contribution in [1.29, 1.82) is 0 Å². The number of carbonyl (C=O) groups excluding carboxylic acids is 3. The Kier molecular flexibility index (Phi) is 61.9. The molecule has 0 aliphatic rings. The summed E-state index contributed by atoms with van der Waals surface area (Å²) in [7, 11) is 0. The molecule has 0 spiro atoms. The van der Waals surface area contributed by atoms with E-state index in [2.05, 4.69) is 27.7 Å². The average molecular weight is 1060 g/mol. The van der Waals surface area contributed by atoms with Crippen molar-refractivity contribution >= 4 is 17.9 Å². The van der Waals surface area contributed by atoms with Crippen LogP contribution in [0.15, 0.2) is 0 Å². The smallest absolute Gasteiger partial charge is 0.306 e. The van der Waals surface area contributed by atoms with Gasteiger partial charge in [0, 0.05) is 19.3 Å². The fourth-order valence-electron chi connectivity index (χ4n) is 10.9. The molecule has 0 saturated heterocycles. The lowest BCUT2D eigenvalue weighted by molar-refractivity contribution is -0.167. The fourth-order valence-corrected chi connectivity index (χ4v) is 10.9. The molecule has 0 aliphatic heterocycles. The number of unbranched alkanes of at least 4 members (excludes halogenated alkanes) is 51. The Morgan fingerprint density at radius 1 is 0.253 bits per heavy atom. The van der Waals surface area contributed by atoms with Crippen molar-refractivity contribution in [3.8, 4) is 0 Å². The Hall–Kier alpha value is -1.59. The van der Waals surface area contributed by atoms with Crippen LogP contribution < -0.4 is 0 Å². The highest BCUT2D eigenvalue weighted by molar-refractivity contribution is 5.71. The van der Waals surface area contributed by atoms with E-state index < -0.39 is 6.10 Å². The van der Waals surface area contributed by atoms with E-state index in [1.165, 1.54) is 295 Å². The van der Waals surface area contributed by atoms with E-state index >= 15 is 0 Å². The lowest BCUT2D eigenvalue weighted by atomic mass is 10.0. The standard InChI is InChI=1S/C69H134O6/c1-5-7-9-11-13-15-17-19-21-23-25-27-32-36-40-44-48-52-56-60-67(70)73-63-66(75-69(72)62-58-54-50-46-42-38-34-28-26-24-22-20-18-16-14-12-10-8-6-2)64-74-68(71)61-57-53-49-45-41-37-33-30-29-31-35-39-43-47-51-55-59-65(3)4/h65-66H,5-64H2,1-4H3/t66-/m1/s1. The van der Waals surface area contributed by atoms with Crippen molar-refractivity contribution in [3.63, 3.8) is 0 Å². The lowest BCUT2D eigenvalue weighted by Crippen LogP contribution is -2.30. The summed E-state index contributed by atoms with van der Waals surface area (Å²) in [5.74, 6) is 0.0311.